The second-order valence-corrected chi connectivity index (χ2v) is 18.4. The number of aromatic nitrogens is 1. The predicted molar refractivity (Wildman–Crippen MR) is 252 cm³/mol. The van der Waals surface area contributed by atoms with Gasteiger partial charge in [0.2, 0.25) is 29.5 Å². The number of nitrogens with two attached hydrogens (primary N) is 1. The van der Waals surface area contributed by atoms with E-state index < -0.39 is 60.1 Å². The number of benzene rings is 2. The van der Waals surface area contributed by atoms with Crippen LogP contribution in [0.2, 0.25) is 0 Å². The molecule has 4 rings (SSSR count). The van der Waals surface area contributed by atoms with Gasteiger partial charge in [-0.1, -0.05) is 85.2 Å². The lowest BCUT2D eigenvalue weighted by atomic mass is 9.89. The van der Waals surface area contributed by atoms with E-state index in [1.807, 2.05) is 103 Å². The second-order valence-electron chi connectivity index (χ2n) is 18.4. The van der Waals surface area contributed by atoms with E-state index in [9.17, 15) is 24.0 Å². The zero-order valence-corrected chi connectivity index (χ0v) is 40.1. The maximum Gasteiger partial charge on any atom is 0.247 e. The minimum atomic E-state index is -0.961. The van der Waals surface area contributed by atoms with Crippen molar-refractivity contribution in [3.63, 3.8) is 0 Å². The molecule has 1 fully saturated rings. The summed E-state index contributed by atoms with van der Waals surface area (Å²) in [6.07, 6.45) is 2.43. The van der Waals surface area contributed by atoms with E-state index in [-0.39, 0.29) is 48.3 Å². The number of pyridine rings is 1. The second kappa shape index (κ2) is 23.7. The average molecular weight is 887 g/mol. The number of likely N-dealkylation sites (N-methyl/N-ethyl adjacent to an activating group) is 2. The van der Waals surface area contributed by atoms with Gasteiger partial charge in [0, 0.05) is 45.3 Å². The maximum atomic E-state index is 14.4. The Labute approximate surface area is 380 Å². The van der Waals surface area contributed by atoms with Gasteiger partial charge in [-0.3, -0.25) is 33.9 Å². The molecule has 0 spiro atoms. The standard InChI is InChI=1S/C49H74N8O7/c1-13-31(6)44(56(10)49(62)42(29(2)3)54-48(61)43(30(4)5)55(8)9)40(63-11)27-41(58)57-24-16-19-39(57)45(64-12)32(7)46(59)53-38(25-33-20-22-35(50)23-21-33)47(60)52-36-26-34-17-14-15-18-37(34)51-28-36/h14-15,17-18,20-23,26,28-32,38-40,42-45H,13,16,19,24-25,27,50H2,1-12H3,(H,52,60)(H,53,59)(H,54,61)/t31-,32+,38?,39-,40+,42?,43+,44?,45+/m0/s1. The lowest BCUT2D eigenvalue weighted by molar-refractivity contribution is -0.148. The molecule has 3 unspecified atom stereocenters. The predicted octanol–water partition coefficient (Wildman–Crippen LogP) is 5.13. The lowest BCUT2D eigenvalue weighted by Gasteiger charge is -2.41. The lowest BCUT2D eigenvalue weighted by Crippen LogP contribution is -2.59. The van der Waals surface area contributed by atoms with Crippen molar-refractivity contribution in [3.05, 3.63) is 66.4 Å². The van der Waals surface area contributed by atoms with Crippen LogP contribution in [0.3, 0.4) is 0 Å². The number of amides is 5. The van der Waals surface area contributed by atoms with Crippen LogP contribution in [0.1, 0.15) is 79.7 Å². The summed E-state index contributed by atoms with van der Waals surface area (Å²) in [6.45, 7) is 14.1. The van der Waals surface area contributed by atoms with Crippen LogP contribution in [-0.2, 0) is 39.9 Å². The van der Waals surface area contributed by atoms with Crippen LogP contribution >= 0.6 is 0 Å². The third kappa shape index (κ3) is 13.0. The summed E-state index contributed by atoms with van der Waals surface area (Å²) >= 11 is 0. The Balaban J connectivity index is 1.52. The summed E-state index contributed by atoms with van der Waals surface area (Å²) in [5.41, 5.74) is 8.62. The number of hydrogen-bond acceptors (Lipinski definition) is 10. The van der Waals surface area contributed by atoms with Gasteiger partial charge in [-0.15, -0.1) is 0 Å². The monoisotopic (exact) mass is 887 g/mol. The van der Waals surface area contributed by atoms with Gasteiger partial charge in [0.15, 0.2) is 0 Å². The Hall–Kier alpha value is -5.12. The van der Waals surface area contributed by atoms with Crippen LogP contribution in [0.5, 0.6) is 0 Å². The number of para-hydroxylation sites is 1. The van der Waals surface area contributed by atoms with Gasteiger partial charge in [0.05, 0.1) is 60.1 Å². The minimum absolute atomic E-state index is 0.0150. The third-order valence-electron chi connectivity index (χ3n) is 12.9. The highest BCUT2D eigenvalue weighted by atomic mass is 16.5. The molecule has 0 aliphatic carbocycles. The molecule has 5 N–H and O–H groups in total. The number of rotatable bonds is 22. The Morgan fingerprint density at radius 2 is 1.55 bits per heavy atom. The topological polar surface area (TPSA) is 189 Å². The number of carbonyl (C=O) groups is 5. The van der Waals surface area contributed by atoms with Crippen LogP contribution in [0.4, 0.5) is 11.4 Å². The normalized spacial score (nSPS) is 17.9. The number of fused-ring (bicyclic) bond motifs is 1. The van der Waals surface area contributed by atoms with Crippen LogP contribution in [0.15, 0.2) is 60.8 Å². The van der Waals surface area contributed by atoms with Crippen molar-refractivity contribution in [1.82, 2.24) is 30.3 Å². The molecule has 1 saturated heterocycles. The zero-order valence-electron chi connectivity index (χ0n) is 40.1. The van der Waals surface area contributed by atoms with Gasteiger partial charge in [0.25, 0.3) is 0 Å². The van der Waals surface area contributed by atoms with Crippen molar-refractivity contribution >= 4 is 51.8 Å². The first kappa shape index (κ1) is 51.5. The maximum absolute atomic E-state index is 14.4. The molecule has 1 aromatic heterocycles. The summed E-state index contributed by atoms with van der Waals surface area (Å²) < 4.78 is 12.1. The van der Waals surface area contributed by atoms with E-state index in [1.54, 1.807) is 49.2 Å². The Morgan fingerprint density at radius 1 is 0.875 bits per heavy atom. The van der Waals surface area contributed by atoms with Crippen LogP contribution in [-0.4, -0.2) is 134 Å². The first-order valence-electron chi connectivity index (χ1n) is 22.7. The molecule has 352 valence electrons. The molecule has 3 aromatic rings. The van der Waals surface area contributed by atoms with E-state index in [0.717, 1.165) is 16.5 Å². The van der Waals surface area contributed by atoms with Crippen molar-refractivity contribution in [1.29, 1.82) is 0 Å². The van der Waals surface area contributed by atoms with E-state index in [4.69, 9.17) is 15.2 Å². The molecule has 15 nitrogen and oxygen atoms in total. The molecule has 64 heavy (non-hydrogen) atoms. The largest absolute Gasteiger partial charge is 0.399 e. The quantitative estimate of drug-likeness (QED) is 0.0986. The molecule has 0 saturated carbocycles. The molecular formula is C49H74N8O7. The third-order valence-corrected chi connectivity index (χ3v) is 12.9. The molecule has 1 aliphatic rings. The van der Waals surface area contributed by atoms with Crippen molar-refractivity contribution in [2.75, 3.05) is 53.0 Å². The van der Waals surface area contributed by atoms with Crippen molar-refractivity contribution in [2.45, 2.75) is 123 Å². The van der Waals surface area contributed by atoms with Gasteiger partial charge >= 0.3 is 0 Å². The highest BCUT2D eigenvalue weighted by Crippen LogP contribution is 2.30. The fraction of sp³-hybridized carbons (Fsp3) is 0.592. The fourth-order valence-corrected chi connectivity index (χ4v) is 9.18. The number of methoxy groups -OCH3 is 2. The minimum Gasteiger partial charge on any atom is -0.399 e. The molecule has 2 aromatic carbocycles. The number of nitrogen functional groups attached to an aromatic ring is 1. The number of ether oxygens (including phenoxy) is 2. The molecule has 15 heteroatoms. The molecule has 2 heterocycles. The Kier molecular flexibility index (Phi) is 19.1. The fourth-order valence-electron chi connectivity index (χ4n) is 9.18. The molecule has 1 aliphatic heterocycles. The Morgan fingerprint density at radius 3 is 2.14 bits per heavy atom. The smallest absolute Gasteiger partial charge is 0.247 e. The van der Waals surface area contributed by atoms with E-state index in [2.05, 4.69) is 20.9 Å². The number of hydrogen-bond donors (Lipinski definition) is 4. The van der Waals surface area contributed by atoms with Crippen LogP contribution in [0.25, 0.3) is 10.9 Å². The van der Waals surface area contributed by atoms with Gasteiger partial charge in [-0.25, -0.2) is 0 Å². The molecule has 9 atom stereocenters. The number of carbonyl (C=O) groups excluding carboxylic acids is 5. The van der Waals surface area contributed by atoms with Crippen LogP contribution < -0.4 is 21.7 Å². The van der Waals surface area contributed by atoms with E-state index in [1.165, 1.54) is 7.11 Å². The number of nitrogens with zero attached hydrogens (tertiary/aromatic N) is 4. The first-order chi connectivity index (χ1) is 30.3. The Bertz CT molecular complexity index is 2020. The SMILES string of the molecule is CC[C@H](C)C([C@@H](CC(=O)N1CCC[C@H]1[C@H](OC)[C@@H](C)C(=O)NC(Cc1ccc(N)cc1)C(=O)Nc1cnc2ccccc2c1)OC)N(C)C(=O)C(NC(=O)[C@@H](C(C)C)N(C)C)C(C)C. The molecular weight excluding hydrogens is 813 g/mol. The highest BCUT2D eigenvalue weighted by molar-refractivity contribution is 5.99. The highest BCUT2D eigenvalue weighted by Gasteiger charge is 2.43. The summed E-state index contributed by atoms with van der Waals surface area (Å²) in [5.74, 6) is -2.44. The van der Waals surface area contributed by atoms with Crippen molar-refractivity contribution in [3.8, 4) is 0 Å². The van der Waals surface area contributed by atoms with Gasteiger partial charge in [-0.05, 0) is 74.5 Å². The summed E-state index contributed by atoms with van der Waals surface area (Å²) in [6, 6.07) is 13.5. The average Bonchev–Trinajstić information content (AvgIpc) is 3.74. The number of nitrogens with one attached hydrogen (secondary N) is 3. The van der Waals surface area contributed by atoms with Crippen molar-refractivity contribution in [2.24, 2.45) is 23.7 Å². The number of likely N-dealkylation sites (tertiary alicyclic amines) is 1. The van der Waals surface area contributed by atoms with Gasteiger partial charge < -0.3 is 41.0 Å². The number of anilines is 2. The summed E-state index contributed by atoms with van der Waals surface area (Å²) in [5, 5.41) is 9.84. The van der Waals surface area contributed by atoms with Gasteiger partial charge in [0.1, 0.15) is 12.1 Å². The summed E-state index contributed by atoms with van der Waals surface area (Å²) in [7, 11) is 8.51. The van der Waals surface area contributed by atoms with Crippen molar-refractivity contribution < 1.29 is 33.4 Å². The molecule has 5 amide bonds. The van der Waals surface area contributed by atoms with Gasteiger partial charge in [-0.2, -0.15) is 0 Å². The zero-order chi connectivity index (χ0) is 47.4. The summed E-state index contributed by atoms with van der Waals surface area (Å²) in [4.78, 5) is 80.2. The molecule has 0 bridgehead atoms. The molecule has 0 radical (unpaired) electrons. The van der Waals surface area contributed by atoms with Crippen LogP contribution in [0, 0.1) is 23.7 Å². The first-order valence-corrected chi connectivity index (χ1v) is 22.7. The van der Waals surface area contributed by atoms with E-state index in [0.29, 0.717) is 37.2 Å². The van der Waals surface area contributed by atoms with E-state index >= 15 is 0 Å².